The summed E-state index contributed by atoms with van der Waals surface area (Å²) in [5.41, 5.74) is 1.29. The molecular weight excluding hydrogens is 390 g/mol. The molecule has 0 saturated carbocycles. The summed E-state index contributed by atoms with van der Waals surface area (Å²) in [7, 11) is 0. The van der Waals surface area contributed by atoms with E-state index in [2.05, 4.69) is 15.3 Å². The van der Waals surface area contributed by atoms with Crippen molar-refractivity contribution in [2.24, 2.45) is 0 Å². The predicted octanol–water partition coefficient (Wildman–Crippen LogP) is 2.88. The topological polar surface area (TPSA) is 90.5 Å². The second kappa shape index (κ2) is 8.38. The van der Waals surface area contributed by atoms with Crippen LogP contribution in [0.2, 0.25) is 0 Å². The average Bonchev–Trinajstić information content (AvgIpc) is 3.37. The first-order valence-electron chi connectivity index (χ1n) is 9.62. The lowest BCUT2D eigenvalue weighted by Gasteiger charge is -2.11. The van der Waals surface area contributed by atoms with Gasteiger partial charge in [0.05, 0.1) is 5.69 Å². The van der Waals surface area contributed by atoms with E-state index in [1.807, 2.05) is 38.1 Å². The molecule has 0 bridgehead atoms. The van der Waals surface area contributed by atoms with Gasteiger partial charge in [-0.2, -0.15) is 9.50 Å². The summed E-state index contributed by atoms with van der Waals surface area (Å²) >= 11 is 1.57. The fourth-order valence-electron chi connectivity index (χ4n) is 3.21. The number of ether oxygens (including phenoxy) is 1. The maximum absolute atomic E-state index is 12.5. The number of aromatic nitrogens is 4. The van der Waals surface area contributed by atoms with Gasteiger partial charge in [-0.1, -0.05) is 0 Å². The SMILES string of the molecule is CC(C)n1cnc2nc(CSc3ccc(NC(=O)C4CCCO4)cc3)cc(=O)n21. The number of rotatable bonds is 6. The Morgan fingerprint density at radius 2 is 2.14 bits per heavy atom. The minimum atomic E-state index is -0.344. The molecule has 1 aromatic carbocycles. The van der Waals surface area contributed by atoms with Crippen molar-refractivity contribution in [2.75, 3.05) is 11.9 Å². The van der Waals surface area contributed by atoms with Gasteiger partial charge in [0, 0.05) is 35.1 Å². The lowest BCUT2D eigenvalue weighted by atomic mass is 10.2. The normalized spacial score (nSPS) is 16.6. The van der Waals surface area contributed by atoms with Crippen molar-refractivity contribution in [2.45, 2.75) is 49.5 Å². The Morgan fingerprint density at radius 1 is 1.34 bits per heavy atom. The summed E-state index contributed by atoms with van der Waals surface area (Å²) in [5, 5.41) is 2.88. The number of anilines is 1. The van der Waals surface area contributed by atoms with Gasteiger partial charge in [-0.05, 0) is 51.0 Å². The van der Waals surface area contributed by atoms with E-state index in [0.717, 1.165) is 23.4 Å². The number of carbonyl (C=O) groups excluding carboxylic acids is 1. The van der Waals surface area contributed by atoms with E-state index in [4.69, 9.17) is 4.74 Å². The lowest BCUT2D eigenvalue weighted by Crippen LogP contribution is -2.26. The van der Waals surface area contributed by atoms with Crippen molar-refractivity contribution in [3.8, 4) is 0 Å². The molecule has 9 heteroatoms. The molecule has 3 heterocycles. The summed E-state index contributed by atoms with van der Waals surface area (Å²) in [6, 6.07) is 9.29. The molecule has 1 saturated heterocycles. The first-order valence-corrected chi connectivity index (χ1v) is 10.6. The predicted molar refractivity (Wildman–Crippen MR) is 111 cm³/mol. The van der Waals surface area contributed by atoms with Gasteiger partial charge in [0.1, 0.15) is 12.4 Å². The number of amides is 1. The molecule has 1 aliphatic heterocycles. The fraction of sp³-hybridized carbons (Fsp3) is 0.400. The summed E-state index contributed by atoms with van der Waals surface area (Å²) in [6.45, 7) is 4.63. The van der Waals surface area contributed by atoms with E-state index in [9.17, 15) is 9.59 Å². The van der Waals surface area contributed by atoms with E-state index in [-0.39, 0.29) is 23.6 Å². The maximum atomic E-state index is 12.5. The van der Waals surface area contributed by atoms with Crippen LogP contribution < -0.4 is 10.9 Å². The highest BCUT2D eigenvalue weighted by atomic mass is 32.2. The molecule has 3 aromatic rings. The minimum Gasteiger partial charge on any atom is -0.368 e. The molecule has 0 radical (unpaired) electrons. The van der Waals surface area contributed by atoms with E-state index >= 15 is 0 Å². The quantitative estimate of drug-likeness (QED) is 0.625. The van der Waals surface area contributed by atoms with Gasteiger partial charge in [0.15, 0.2) is 0 Å². The number of fused-ring (bicyclic) bond motifs is 1. The van der Waals surface area contributed by atoms with Crippen LogP contribution in [0.5, 0.6) is 0 Å². The Morgan fingerprint density at radius 3 is 2.83 bits per heavy atom. The number of thioether (sulfide) groups is 1. The number of nitrogens with one attached hydrogen (secondary N) is 1. The third-order valence-electron chi connectivity index (χ3n) is 4.71. The third kappa shape index (κ3) is 4.35. The molecule has 1 fully saturated rings. The van der Waals surface area contributed by atoms with E-state index < -0.39 is 0 Å². The number of carbonyl (C=O) groups is 1. The van der Waals surface area contributed by atoms with E-state index in [1.54, 1.807) is 28.8 Å². The van der Waals surface area contributed by atoms with Crippen LogP contribution in [0, 0.1) is 0 Å². The van der Waals surface area contributed by atoms with Crippen molar-refractivity contribution in [3.05, 3.63) is 52.7 Å². The van der Waals surface area contributed by atoms with E-state index in [1.165, 1.54) is 4.52 Å². The molecule has 1 amide bonds. The van der Waals surface area contributed by atoms with Crippen molar-refractivity contribution >= 4 is 29.1 Å². The van der Waals surface area contributed by atoms with Gasteiger partial charge < -0.3 is 10.1 Å². The van der Waals surface area contributed by atoms with Crippen LogP contribution in [0.25, 0.3) is 5.78 Å². The Bertz CT molecular complexity index is 1070. The standard InChI is InChI=1S/C20H23N5O3S/c1-13(2)24-12-21-20-23-15(10-18(26)25(20)24)11-29-16-7-5-14(6-8-16)22-19(27)17-4-3-9-28-17/h5-8,10,12-13,17H,3-4,9,11H2,1-2H3,(H,22,27). The van der Waals surface area contributed by atoms with Crippen LogP contribution in [0.4, 0.5) is 5.69 Å². The Hall–Kier alpha value is -2.65. The molecular formula is C20H23N5O3S. The zero-order valence-electron chi connectivity index (χ0n) is 16.4. The number of benzene rings is 1. The van der Waals surface area contributed by atoms with Gasteiger partial charge in [-0.3, -0.25) is 14.3 Å². The van der Waals surface area contributed by atoms with Crippen molar-refractivity contribution < 1.29 is 9.53 Å². The van der Waals surface area contributed by atoms with Gasteiger partial charge in [-0.15, -0.1) is 11.8 Å². The van der Waals surface area contributed by atoms with Gasteiger partial charge >= 0.3 is 0 Å². The van der Waals surface area contributed by atoms with Crippen molar-refractivity contribution in [1.29, 1.82) is 0 Å². The van der Waals surface area contributed by atoms with Gasteiger partial charge in [-0.25, -0.2) is 4.98 Å². The first kappa shape index (κ1) is 19.7. The summed E-state index contributed by atoms with van der Waals surface area (Å²) < 4.78 is 8.66. The molecule has 8 nitrogen and oxygen atoms in total. The highest BCUT2D eigenvalue weighted by Gasteiger charge is 2.23. The minimum absolute atomic E-state index is 0.0956. The molecule has 0 spiro atoms. The molecule has 29 heavy (non-hydrogen) atoms. The molecule has 1 N–H and O–H groups in total. The third-order valence-corrected chi connectivity index (χ3v) is 5.76. The Balaban J connectivity index is 1.40. The smallest absolute Gasteiger partial charge is 0.274 e. The van der Waals surface area contributed by atoms with Gasteiger partial charge in [0.25, 0.3) is 17.2 Å². The fourth-order valence-corrected chi connectivity index (χ4v) is 4.00. The number of hydrogen-bond acceptors (Lipinski definition) is 6. The monoisotopic (exact) mass is 413 g/mol. The number of hydrogen-bond donors (Lipinski definition) is 1. The Kier molecular flexibility index (Phi) is 5.68. The second-order valence-corrected chi connectivity index (χ2v) is 8.27. The first-order chi connectivity index (χ1) is 14.0. The summed E-state index contributed by atoms with van der Waals surface area (Å²) in [5.74, 6) is 0.873. The molecule has 0 aliphatic carbocycles. The zero-order valence-corrected chi connectivity index (χ0v) is 17.2. The lowest BCUT2D eigenvalue weighted by molar-refractivity contribution is -0.124. The van der Waals surface area contributed by atoms with Crippen LogP contribution in [0.15, 0.2) is 46.3 Å². The summed E-state index contributed by atoms with van der Waals surface area (Å²) in [6.07, 6.45) is 2.99. The van der Waals surface area contributed by atoms with Gasteiger partial charge in [0.2, 0.25) is 0 Å². The van der Waals surface area contributed by atoms with Crippen LogP contribution in [0.1, 0.15) is 38.4 Å². The summed E-state index contributed by atoms with van der Waals surface area (Å²) in [4.78, 5) is 34.3. The highest BCUT2D eigenvalue weighted by Crippen LogP contribution is 2.24. The van der Waals surface area contributed by atoms with Crippen LogP contribution in [-0.2, 0) is 15.3 Å². The molecule has 1 atom stereocenters. The van der Waals surface area contributed by atoms with E-state index in [0.29, 0.717) is 23.8 Å². The molecule has 1 unspecified atom stereocenters. The highest BCUT2D eigenvalue weighted by molar-refractivity contribution is 7.98. The molecule has 2 aromatic heterocycles. The number of nitrogens with zero attached hydrogens (tertiary/aromatic N) is 4. The second-order valence-electron chi connectivity index (χ2n) is 7.22. The van der Waals surface area contributed by atoms with Crippen LogP contribution in [-0.4, -0.2) is 37.8 Å². The molecule has 1 aliphatic rings. The average molecular weight is 414 g/mol. The van der Waals surface area contributed by atoms with Crippen molar-refractivity contribution in [3.63, 3.8) is 0 Å². The van der Waals surface area contributed by atoms with Crippen molar-refractivity contribution in [1.82, 2.24) is 19.2 Å². The Labute approximate surface area is 172 Å². The van der Waals surface area contributed by atoms with Crippen LogP contribution in [0.3, 0.4) is 0 Å². The van der Waals surface area contributed by atoms with Crippen LogP contribution >= 0.6 is 11.8 Å². The molecule has 4 rings (SSSR count). The zero-order chi connectivity index (χ0) is 20.4. The maximum Gasteiger partial charge on any atom is 0.274 e. The largest absolute Gasteiger partial charge is 0.368 e. The molecule has 152 valence electrons.